The molecule has 0 saturated heterocycles. The summed E-state index contributed by atoms with van der Waals surface area (Å²) in [5.74, 6) is 0.840. The summed E-state index contributed by atoms with van der Waals surface area (Å²) < 4.78 is 68.2. The average molecular weight is 1300 g/mol. The van der Waals surface area contributed by atoms with Gasteiger partial charge in [-0.25, -0.2) is 9.13 Å². The van der Waals surface area contributed by atoms with Crippen molar-refractivity contribution in [2.75, 3.05) is 39.6 Å². The molecule has 0 rings (SSSR count). The molecule has 19 heteroatoms. The standard InChI is InChI=1S/C69H134O17P2/c1-9-62(8)48-40-32-23-19-20-26-36-44-52-69(74)86-64(55-79-66(71)49-41-33-24-17-14-13-16-22-30-38-46-60(4)5)57-83-87(75,76)81-53-63(70)54-82-88(77,78)84-58-65(56-80-67(72)50-42-34-28-27-31-39-47-61(6)7)85-68(73)51-43-35-25-18-12-10-11-15-21-29-37-45-59(2)3/h59-65,70H,9-58H2,1-8H3,(H,75,76)(H,77,78)/t62?,63-,64-,65-/m1/s1. The maximum Gasteiger partial charge on any atom is 0.472 e. The number of ether oxygens (including phenoxy) is 4. The van der Waals surface area contributed by atoms with Gasteiger partial charge in [-0.05, 0) is 49.4 Å². The first-order valence-electron chi connectivity index (χ1n) is 35.7. The molecule has 0 aliphatic carbocycles. The number of unbranched alkanes of at least 4 members (excludes halogenated alkanes) is 31. The maximum absolute atomic E-state index is 13.0. The van der Waals surface area contributed by atoms with Crippen LogP contribution in [0, 0.1) is 23.7 Å². The maximum atomic E-state index is 13.0. The van der Waals surface area contributed by atoms with Gasteiger partial charge in [0.1, 0.15) is 19.3 Å². The third-order valence-corrected chi connectivity index (χ3v) is 18.1. The molecule has 0 aliphatic heterocycles. The van der Waals surface area contributed by atoms with E-state index in [2.05, 4.69) is 55.4 Å². The van der Waals surface area contributed by atoms with Gasteiger partial charge in [0.2, 0.25) is 0 Å². The number of esters is 4. The zero-order valence-electron chi connectivity index (χ0n) is 57.3. The van der Waals surface area contributed by atoms with Crippen LogP contribution in [-0.4, -0.2) is 96.7 Å². The molecular formula is C69H134O17P2. The van der Waals surface area contributed by atoms with Crippen molar-refractivity contribution in [2.45, 2.75) is 356 Å². The molecular weight excluding hydrogens is 1160 g/mol. The second-order valence-electron chi connectivity index (χ2n) is 26.6. The number of phosphoric acid groups is 2. The van der Waals surface area contributed by atoms with Crippen molar-refractivity contribution >= 4 is 39.5 Å². The minimum absolute atomic E-state index is 0.104. The summed E-state index contributed by atoms with van der Waals surface area (Å²) in [5, 5.41) is 10.6. The Morgan fingerprint density at radius 3 is 0.807 bits per heavy atom. The number of carbonyl (C=O) groups excluding carboxylic acids is 4. The molecule has 0 heterocycles. The van der Waals surface area contributed by atoms with E-state index in [1.807, 2.05) is 0 Å². The predicted octanol–water partition coefficient (Wildman–Crippen LogP) is 19.3. The van der Waals surface area contributed by atoms with Gasteiger partial charge in [-0.3, -0.25) is 37.3 Å². The van der Waals surface area contributed by atoms with Crippen LogP contribution in [0.15, 0.2) is 0 Å². The third kappa shape index (κ3) is 61.6. The molecule has 0 spiro atoms. The number of carbonyl (C=O) groups is 4. The Kier molecular flexibility index (Phi) is 57.6. The highest BCUT2D eigenvalue weighted by Crippen LogP contribution is 2.45. The Labute approximate surface area is 537 Å². The summed E-state index contributed by atoms with van der Waals surface area (Å²) in [7, 11) is -9.90. The van der Waals surface area contributed by atoms with E-state index >= 15 is 0 Å². The smallest absolute Gasteiger partial charge is 0.462 e. The highest BCUT2D eigenvalue weighted by atomic mass is 31.2. The molecule has 0 aromatic carbocycles. The molecule has 522 valence electrons. The first-order chi connectivity index (χ1) is 42.1. The van der Waals surface area contributed by atoms with Crippen LogP contribution >= 0.6 is 15.6 Å². The summed E-state index contributed by atoms with van der Waals surface area (Å²) in [6.45, 7) is 14.0. The second kappa shape index (κ2) is 58.8. The van der Waals surface area contributed by atoms with Crippen LogP contribution in [0.3, 0.4) is 0 Å². The highest BCUT2D eigenvalue weighted by Gasteiger charge is 2.30. The highest BCUT2D eigenvalue weighted by molar-refractivity contribution is 7.47. The number of aliphatic hydroxyl groups is 1. The monoisotopic (exact) mass is 1300 g/mol. The van der Waals surface area contributed by atoms with Gasteiger partial charge < -0.3 is 33.8 Å². The van der Waals surface area contributed by atoms with E-state index in [1.165, 1.54) is 135 Å². The van der Waals surface area contributed by atoms with Gasteiger partial charge in [0.05, 0.1) is 26.4 Å². The van der Waals surface area contributed by atoms with E-state index < -0.39 is 97.5 Å². The Bertz CT molecular complexity index is 1750. The fourth-order valence-electron chi connectivity index (χ4n) is 10.3. The predicted molar refractivity (Wildman–Crippen MR) is 354 cm³/mol. The van der Waals surface area contributed by atoms with Crippen LogP contribution in [-0.2, 0) is 65.4 Å². The van der Waals surface area contributed by atoms with Gasteiger partial charge in [-0.15, -0.1) is 0 Å². The number of hydrogen-bond donors (Lipinski definition) is 3. The molecule has 3 N–H and O–H groups in total. The molecule has 0 bridgehead atoms. The largest absolute Gasteiger partial charge is 0.472 e. The minimum atomic E-state index is -4.95. The van der Waals surface area contributed by atoms with Crippen LogP contribution in [0.4, 0.5) is 0 Å². The van der Waals surface area contributed by atoms with E-state index in [4.69, 9.17) is 37.0 Å². The molecule has 0 fully saturated rings. The van der Waals surface area contributed by atoms with Gasteiger partial charge in [0.15, 0.2) is 12.2 Å². The Hall–Kier alpha value is -1.94. The molecule has 0 saturated carbocycles. The summed E-state index contributed by atoms with van der Waals surface area (Å²) in [6.07, 6.45) is 40.4. The van der Waals surface area contributed by atoms with E-state index in [9.17, 15) is 43.2 Å². The normalized spacial score (nSPS) is 14.6. The van der Waals surface area contributed by atoms with Crippen molar-refractivity contribution in [2.24, 2.45) is 23.7 Å². The zero-order valence-corrected chi connectivity index (χ0v) is 59.1. The van der Waals surface area contributed by atoms with Crippen LogP contribution in [0.2, 0.25) is 0 Å². The van der Waals surface area contributed by atoms with Gasteiger partial charge in [-0.2, -0.15) is 0 Å². The first-order valence-corrected chi connectivity index (χ1v) is 38.7. The lowest BCUT2D eigenvalue weighted by Gasteiger charge is -2.21. The van der Waals surface area contributed by atoms with Crippen molar-refractivity contribution < 1.29 is 80.2 Å². The zero-order chi connectivity index (χ0) is 65.4. The fraction of sp³-hybridized carbons (Fsp3) is 0.942. The van der Waals surface area contributed by atoms with Gasteiger partial charge in [-0.1, -0.05) is 287 Å². The lowest BCUT2D eigenvalue weighted by Crippen LogP contribution is -2.30. The molecule has 17 nitrogen and oxygen atoms in total. The Morgan fingerprint density at radius 2 is 0.545 bits per heavy atom. The fourth-order valence-corrected chi connectivity index (χ4v) is 11.9. The number of aliphatic hydroxyl groups excluding tert-OH is 1. The van der Waals surface area contributed by atoms with Gasteiger partial charge in [0.25, 0.3) is 0 Å². The number of hydrogen-bond acceptors (Lipinski definition) is 15. The Morgan fingerprint density at radius 1 is 0.318 bits per heavy atom. The van der Waals surface area contributed by atoms with Crippen LogP contribution < -0.4 is 0 Å². The van der Waals surface area contributed by atoms with Gasteiger partial charge >= 0.3 is 39.5 Å². The Balaban J connectivity index is 5.25. The van der Waals surface area contributed by atoms with Crippen molar-refractivity contribution in [3.63, 3.8) is 0 Å². The molecule has 0 aliphatic rings. The lowest BCUT2D eigenvalue weighted by atomic mass is 9.99. The van der Waals surface area contributed by atoms with Crippen LogP contribution in [0.25, 0.3) is 0 Å². The lowest BCUT2D eigenvalue weighted by molar-refractivity contribution is -0.161. The molecule has 0 aromatic rings. The topological polar surface area (TPSA) is 237 Å². The first kappa shape index (κ1) is 86.1. The SMILES string of the molecule is CCC(C)CCCCCCCCCCC(=O)O[C@H](COC(=O)CCCCCCCCCCCCC(C)C)COP(=O)(O)OC[C@@H](O)COP(=O)(O)OC[C@@H](COC(=O)CCCCCCCCC(C)C)OC(=O)CCCCCCCCCCCCCC(C)C. The quantitative estimate of drug-likeness (QED) is 0.0222. The summed E-state index contributed by atoms with van der Waals surface area (Å²) in [5.41, 5.74) is 0. The number of phosphoric ester groups is 2. The summed E-state index contributed by atoms with van der Waals surface area (Å²) in [4.78, 5) is 72.5. The van der Waals surface area contributed by atoms with Crippen molar-refractivity contribution in [1.82, 2.24) is 0 Å². The average Bonchev–Trinajstić information content (AvgIpc) is 3.52. The molecule has 88 heavy (non-hydrogen) atoms. The summed E-state index contributed by atoms with van der Waals surface area (Å²) >= 11 is 0. The molecule has 0 aromatic heterocycles. The van der Waals surface area contributed by atoms with Crippen LogP contribution in [0.5, 0.6) is 0 Å². The summed E-state index contributed by atoms with van der Waals surface area (Å²) in [6, 6.07) is 0. The molecule has 0 amide bonds. The van der Waals surface area contributed by atoms with E-state index in [-0.39, 0.29) is 25.7 Å². The van der Waals surface area contributed by atoms with Gasteiger partial charge in [0, 0.05) is 25.7 Å². The number of rotatable bonds is 66. The van der Waals surface area contributed by atoms with Crippen molar-refractivity contribution in [3.05, 3.63) is 0 Å². The third-order valence-electron chi connectivity index (χ3n) is 16.2. The van der Waals surface area contributed by atoms with E-state index in [0.29, 0.717) is 31.6 Å². The van der Waals surface area contributed by atoms with Crippen molar-refractivity contribution in [3.8, 4) is 0 Å². The van der Waals surface area contributed by atoms with E-state index in [1.54, 1.807) is 0 Å². The second-order valence-corrected chi connectivity index (χ2v) is 29.5. The molecule has 3 unspecified atom stereocenters. The molecule has 6 atom stereocenters. The van der Waals surface area contributed by atoms with Crippen molar-refractivity contribution in [1.29, 1.82) is 0 Å². The molecule has 0 radical (unpaired) electrons. The minimum Gasteiger partial charge on any atom is -0.462 e. The van der Waals surface area contributed by atoms with Crippen LogP contribution in [0.1, 0.15) is 338 Å². The van der Waals surface area contributed by atoms with E-state index in [0.717, 1.165) is 114 Å².